The van der Waals surface area contributed by atoms with Crippen LogP contribution < -0.4 is 5.73 Å². The molecule has 142 valence electrons. The highest BCUT2D eigenvalue weighted by Crippen LogP contribution is 2.58. The van der Waals surface area contributed by atoms with Gasteiger partial charge in [0.25, 0.3) is 0 Å². The molecule has 1 aliphatic heterocycles. The van der Waals surface area contributed by atoms with E-state index in [1.54, 1.807) is 0 Å². The number of phosphoric ester groups is 1. The minimum Gasteiger partial charge on any atom is -0.384 e. The molecular formula is C10H16FN3O8P2S. The van der Waals surface area contributed by atoms with Gasteiger partial charge in [0.05, 0.1) is 0 Å². The van der Waals surface area contributed by atoms with Crippen LogP contribution in [0.2, 0.25) is 0 Å². The molecule has 1 aromatic rings. The van der Waals surface area contributed by atoms with Gasteiger partial charge in [0.15, 0.2) is 0 Å². The normalized spacial score (nSPS) is 29.5. The average molecular weight is 419 g/mol. The standard InChI is InChI=1S/C10H16FN3O8P2S/c1-9(14-5-2-7(12)13-8(14)25)3-4-10(11,21-9)6-20-24(18,19)22-23(15,16)17/h2,5H,3-4,6H2,1H3,(H,18,19)(H2,12,13,25)(H2,15,16,17)/t9-,10+/m1/s1. The molecule has 1 unspecified atom stereocenters. The molecule has 2 rings (SSSR count). The second-order valence-corrected chi connectivity index (χ2v) is 8.67. The lowest BCUT2D eigenvalue weighted by atomic mass is 10.1. The van der Waals surface area contributed by atoms with Crippen molar-refractivity contribution in [2.45, 2.75) is 31.3 Å². The molecule has 2 heterocycles. The number of hydrogen-bond acceptors (Lipinski definition) is 8. The number of anilines is 1. The third-order valence-corrected chi connectivity index (χ3v) is 5.77. The van der Waals surface area contributed by atoms with Gasteiger partial charge in [-0.3, -0.25) is 9.09 Å². The van der Waals surface area contributed by atoms with Crippen LogP contribution in [0.3, 0.4) is 0 Å². The molecule has 1 saturated heterocycles. The predicted octanol–water partition coefficient (Wildman–Crippen LogP) is 1.57. The van der Waals surface area contributed by atoms with Gasteiger partial charge in [0.2, 0.25) is 10.6 Å². The molecule has 5 N–H and O–H groups in total. The summed E-state index contributed by atoms with van der Waals surface area (Å²) in [5.74, 6) is -2.34. The Hall–Kier alpha value is -0.750. The van der Waals surface area contributed by atoms with E-state index in [0.29, 0.717) is 0 Å². The molecule has 1 aliphatic rings. The van der Waals surface area contributed by atoms with E-state index in [9.17, 15) is 18.4 Å². The van der Waals surface area contributed by atoms with E-state index in [2.05, 4.69) is 13.8 Å². The van der Waals surface area contributed by atoms with E-state index in [1.807, 2.05) is 0 Å². The molecule has 1 fully saturated rings. The summed E-state index contributed by atoms with van der Waals surface area (Å²) < 4.78 is 51.3. The zero-order valence-electron chi connectivity index (χ0n) is 12.8. The van der Waals surface area contributed by atoms with Crippen molar-refractivity contribution in [2.24, 2.45) is 0 Å². The van der Waals surface area contributed by atoms with Crippen molar-refractivity contribution in [2.75, 3.05) is 12.3 Å². The Morgan fingerprint density at radius 2 is 2.12 bits per heavy atom. The number of ether oxygens (including phenoxy) is 1. The molecule has 0 bridgehead atoms. The summed E-state index contributed by atoms with van der Waals surface area (Å²) in [6, 6.07) is 1.44. The van der Waals surface area contributed by atoms with E-state index < -0.39 is 33.8 Å². The van der Waals surface area contributed by atoms with Gasteiger partial charge in [-0.15, -0.1) is 0 Å². The van der Waals surface area contributed by atoms with Gasteiger partial charge in [-0.25, -0.2) is 18.5 Å². The molecule has 0 aliphatic carbocycles. The van der Waals surface area contributed by atoms with Crippen molar-refractivity contribution in [3.05, 3.63) is 17.0 Å². The summed E-state index contributed by atoms with van der Waals surface area (Å²) in [6.07, 6.45) is 1.33. The van der Waals surface area contributed by atoms with E-state index in [-0.39, 0.29) is 23.4 Å². The number of alkyl halides is 1. The number of phosphoric acid groups is 2. The fourth-order valence-corrected chi connectivity index (χ4v) is 4.28. The summed E-state index contributed by atoms with van der Waals surface area (Å²) in [6.45, 7) is 0.429. The Bertz CT molecular complexity index is 818. The second-order valence-electron chi connectivity index (χ2n) is 5.48. The van der Waals surface area contributed by atoms with Crippen LogP contribution in [-0.4, -0.2) is 36.7 Å². The number of halogens is 1. The maximum atomic E-state index is 14.7. The summed E-state index contributed by atoms with van der Waals surface area (Å²) in [5, 5.41) is 0. The van der Waals surface area contributed by atoms with Crippen LogP contribution in [0.4, 0.5) is 10.2 Å². The first kappa shape index (κ1) is 20.6. The summed E-state index contributed by atoms with van der Waals surface area (Å²) in [7, 11) is -10.5. The van der Waals surface area contributed by atoms with Crippen molar-refractivity contribution in [3.63, 3.8) is 0 Å². The van der Waals surface area contributed by atoms with Crippen LogP contribution in [0.25, 0.3) is 0 Å². The first-order chi connectivity index (χ1) is 11.2. The maximum Gasteiger partial charge on any atom is 0.481 e. The molecular weight excluding hydrogens is 403 g/mol. The summed E-state index contributed by atoms with van der Waals surface area (Å²) >= 11 is 5.05. The van der Waals surface area contributed by atoms with Gasteiger partial charge < -0.3 is 25.2 Å². The highest BCUT2D eigenvalue weighted by Gasteiger charge is 2.50. The van der Waals surface area contributed by atoms with Crippen molar-refractivity contribution in [1.82, 2.24) is 9.55 Å². The van der Waals surface area contributed by atoms with Crippen LogP contribution in [0.1, 0.15) is 19.8 Å². The van der Waals surface area contributed by atoms with Gasteiger partial charge in [0, 0.05) is 19.0 Å². The fraction of sp³-hybridized carbons (Fsp3) is 0.600. The Morgan fingerprint density at radius 3 is 2.68 bits per heavy atom. The van der Waals surface area contributed by atoms with Crippen LogP contribution in [0, 0.1) is 4.77 Å². The Morgan fingerprint density at radius 1 is 1.48 bits per heavy atom. The quantitative estimate of drug-likeness (QED) is 0.390. The highest BCUT2D eigenvalue weighted by atomic mass is 32.1. The molecule has 11 nitrogen and oxygen atoms in total. The first-order valence-corrected chi connectivity index (χ1v) is 10.2. The Kier molecular flexibility index (Phi) is 5.56. The lowest BCUT2D eigenvalue weighted by Gasteiger charge is -2.30. The van der Waals surface area contributed by atoms with Crippen molar-refractivity contribution >= 4 is 33.7 Å². The monoisotopic (exact) mass is 419 g/mol. The van der Waals surface area contributed by atoms with Crippen LogP contribution in [-0.2, 0) is 28.4 Å². The van der Waals surface area contributed by atoms with E-state index in [4.69, 9.17) is 32.5 Å². The number of nitrogens with two attached hydrogens (primary N) is 1. The minimum atomic E-state index is -5.29. The molecule has 0 radical (unpaired) electrons. The predicted molar refractivity (Wildman–Crippen MR) is 84.2 cm³/mol. The number of nitrogen functional groups attached to an aromatic ring is 1. The van der Waals surface area contributed by atoms with E-state index in [0.717, 1.165) is 0 Å². The summed E-state index contributed by atoms with van der Waals surface area (Å²) in [5.41, 5.74) is 4.24. The van der Waals surface area contributed by atoms with Gasteiger partial charge >= 0.3 is 15.6 Å². The largest absolute Gasteiger partial charge is 0.481 e. The zero-order chi connectivity index (χ0) is 19.1. The number of rotatable bonds is 6. The lowest BCUT2D eigenvalue weighted by molar-refractivity contribution is -0.215. The van der Waals surface area contributed by atoms with E-state index in [1.165, 1.54) is 23.8 Å². The topological polar surface area (TPSA) is 166 Å². The SMILES string of the molecule is C[C@]1(n2ccc(N)nc2=S)CC[C@@](F)(COP(=O)(O)OP(=O)(O)O)O1. The lowest BCUT2D eigenvalue weighted by Crippen LogP contribution is -2.36. The van der Waals surface area contributed by atoms with Crippen LogP contribution in [0.15, 0.2) is 12.3 Å². The number of aromatic nitrogens is 2. The minimum absolute atomic E-state index is 0.0466. The van der Waals surface area contributed by atoms with Crippen LogP contribution >= 0.6 is 27.9 Å². The molecule has 0 spiro atoms. The molecule has 25 heavy (non-hydrogen) atoms. The number of hydrogen-bond donors (Lipinski definition) is 4. The second kappa shape index (κ2) is 6.76. The van der Waals surface area contributed by atoms with Crippen molar-refractivity contribution < 1.29 is 41.8 Å². The molecule has 0 amide bonds. The Balaban J connectivity index is 2.11. The fourth-order valence-electron chi connectivity index (χ4n) is 2.30. The highest BCUT2D eigenvalue weighted by molar-refractivity contribution is 7.71. The summed E-state index contributed by atoms with van der Waals surface area (Å²) in [4.78, 5) is 30.1. The molecule has 15 heteroatoms. The molecule has 0 aromatic carbocycles. The van der Waals surface area contributed by atoms with Gasteiger partial charge in [-0.2, -0.15) is 4.31 Å². The molecule has 0 saturated carbocycles. The number of nitrogens with zero attached hydrogens (tertiary/aromatic N) is 2. The van der Waals surface area contributed by atoms with Gasteiger partial charge in [-0.05, 0) is 25.2 Å². The molecule has 3 atom stereocenters. The first-order valence-electron chi connectivity index (χ1n) is 6.73. The maximum absolute atomic E-state index is 14.7. The van der Waals surface area contributed by atoms with Crippen molar-refractivity contribution in [3.8, 4) is 0 Å². The zero-order valence-corrected chi connectivity index (χ0v) is 15.4. The van der Waals surface area contributed by atoms with Gasteiger partial charge in [-0.1, -0.05) is 0 Å². The molecule has 1 aromatic heterocycles. The van der Waals surface area contributed by atoms with Crippen LogP contribution in [0.5, 0.6) is 0 Å². The third-order valence-electron chi connectivity index (χ3n) is 3.35. The van der Waals surface area contributed by atoms with E-state index >= 15 is 0 Å². The van der Waals surface area contributed by atoms with Crippen molar-refractivity contribution in [1.29, 1.82) is 0 Å². The third kappa shape index (κ3) is 5.36. The Labute approximate surface area is 146 Å². The average Bonchev–Trinajstić information content (AvgIpc) is 2.71. The van der Waals surface area contributed by atoms with Gasteiger partial charge in [0.1, 0.15) is 18.1 Å². The smallest absolute Gasteiger partial charge is 0.384 e.